The lowest BCUT2D eigenvalue weighted by molar-refractivity contribution is -0.130. The molecule has 0 spiro atoms. The predicted molar refractivity (Wildman–Crippen MR) is 77.6 cm³/mol. The zero-order valence-electron chi connectivity index (χ0n) is 10.8. The van der Waals surface area contributed by atoms with Crippen LogP contribution in [0.4, 0.5) is 0 Å². The Morgan fingerprint density at radius 2 is 2.20 bits per heavy atom. The van der Waals surface area contributed by atoms with Crippen molar-refractivity contribution < 1.29 is 13.2 Å². The molecule has 1 aromatic heterocycles. The van der Waals surface area contributed by atoms with Crippen LogP contribution in [-0.2, 0) is 14.6 Å². The summed E-state index contributed by atoms with van der Waals surface area (Å²) in [4.78, 5) is 14.2. The Morgan fingerprint density at radius 1 is 1.40 bits per heavy atom. The Morgan fingerprint density at radius 3 is 2.75 bits per heavy atom. The fourth-order valence-corrected chi connectivity index (χ4v) is 5.55. The number of aromatic nitrogens is 2. The van der Waals surface area contributed by atoms with Crippen molar-refractivity contribution in [2.45, 2.75) is 35.7 Å². The molecule has 1 atom stereocenters. The number of carbonyl (C=O) groups is 1. The molecule has 0 N–H and O–H groups in total. The number of hydrogen-bond acceptors (Lipinski definition) is 7. The average molecular weight is 333 g/mol. The van der Waals surface area contributed by atoms with Crippen molar-refractivity contribution in [2.75, 3.05) is 17.3 Å². The van der Waals surface area contributed by atoms with Crippen molar-refractivity contribution in [1.29, 1.82) is 0 Å². The first-order chi connectivity index (χ1) is 9.55. The van der Waals surface area contributed by atoms with E-state index in [-0.39, 0.29) is 29.5 Å². The van der Waals surface area contributed by atoms with E-state index in [9.17, 15) is 13.2 Å². The average Bonchev–Trinajstić information content (AvgIpc) is 2.95. The fraction of sp³-hybridized carbons (Fsp3) is 0.727. The minimum Gasteiger partial charge on any atom is -0.335 e. The lowest BCUT2D eigenvalue weighted by Gasteiger charge is -2.28. The minimum atomic E-state index is -2.96. The highest BCUT2D eigenvalue weighted by Crippen LogP contribution is 2.33. The number of sulfone groups is 1. The summed E-state index contributed by atoms with van der Waals surface area (Å²) in [5.74, 6) is 0.661. The largest absolute Gasteiger partial charge is 0.335 e. The second-order valence-corrected chi connectivity index (χ2v) is 9.37. The van der Waals surface area contributed by atoms with Gasteiger partial charge in [0.2, 0.25) is 5.91 Å². The van der Waals surface area contributed by atoms with Crippen LogP contribution in [0.1, 0.15) is 19.3 Å². The number of carbonyl (C=O) groups excluding carboxylic acids is 1. The first-order valence-corrected chi connectivity index (χ1v) is 10.1. The molecule has 1 amide bonds. The van der Waals surface area contributed by atoms with E-state index in [2.05, 4.69) is 10.2 Å². The maximum absolute atomic E-state index is 12.4. The molecule has 1 aliphatic heterocycles. The lowest BCUT2D eigenvalue weighted by Crippen LogP contribution is -2.43. The van der Waals surface area contributed by atoms with E-state index in [1.807, 2.05) is 4.90 Å². The molecule has 2 aliphatic rings. The van der Waals surface area contributed by atoms with Crippen molar-refractivity contribution >= 4 is 38.8 Å². The summed E-state index contributed by atoms with van der Waals surface area (Å²) in [6, 6.07) is 0.117. The van der Waals surface area contributed by atoms with E-state index in [0.29, 0.717) is 12.2 Å². The van der Waals surface area contributed by atoms with Crippen LogP contribution >= 0.6 is 23.1 Å². The highest BCUT2D eigenvalue weighted by atomic mass is 32.2. The second-order valence-electron chi connectivity index (χ2n) is 5.08. The number of hydrogen-bond donors (Lipinski definition) is 0. The Labute approximate surface area is 125 Å². The monoisotopic (exact) mass is 333 g/mol. The molecule has 2 fully saturated rings. The van der Waals surface area contributed by atoms with E-state index >= 15 is 0 Å². The van der Waals surface area contributed by atoms with Crippen molar-refractivity contribution in [3.05, 3.63) is 5.51 Å². The van der Waals surface area contributed by atoms with E-state index in [4.69, 9.17) is 0 Å². The van der Waals surface area contributed by atoms with E-state index in [0.717, 1.165) is 17.2 Å². The maximum Gasteiger partial charge on any atom is 0.233 e. The van der Waals surface area contributed by atoms with Gasteiger partial charge in [0.05, 0.1) is 17.3 Å². The number of thioether (sulfide) groups is 1. The Kier molecular flexibility index (Phi) is 4.00. The van der Waals surface area contributed by atoms with Crippen LogP contribution < -0.4 is 0 Å². The van der Waals surface area contributed by atoms with E-state index < -0.39 is 9.84 Å². The normalized spacial score (nSPS) is 24.7. The lowest BCUT2D eigenvalue weighted by atomic mass is 10.2. The molecule has 6 nitrogen and oxygen atoms in total. The van der Waals surface area contributed by atoms with E-state index in [1.54, 1.807) is 5.51 Å². The summed E-state index contributed by atoms with van der Waals surface area (Å²) in [6.07, 6.45) is 2.56. The van der Waals surface area contributed by atoms with Gasteiger partial charge in [-0.15, -0.1) is 10.2 Å². The van der Waals surface area contributed by atoms with Gasteiger partial charge in [0, 0.05) is 12.1 Å². The molecule has 3 rings (SSSR count). The molecule has 2 heterocycles. The van der Waals surface area contributed by atoms with Crippen LogP contribution in [0.15, 0.2) is 9.85 Å². The molecule has 0 aromatic carbocycles. The SMILES string of the molecule is O=C(CSc1nncs1)N(C1CC1)[C@@H]1CCS(=O)(=O)C1. The molecule has 1 aromatic rings. The zero-order chi connectivity index (χ0) is 14.2. The van der Waals surface area contributed by atoms with Gasteiger partial charge in [-0.1, -0.05) is 23.1 Å². The molecule has 9 heteroatoms. The van der Waals surface area contributed by atoms with Gasteiger partial charge in [-0.25, -0.2) is 8.42 Å². The standard InChI is InChI=1S/C11H15N3O3S3/c15-10(5-18-11-13-12-7-19-11)14(8-1-2-8)9-3-4-20(16,17)6-9/h7-9H,1-6H2/t9-/m1/s1. The Bertz CT molecular complexity index is 583. The van der Waals surface area contributed by atoms with Crippen LogP contribution in [0, 0.1) is 0 Å². The third kappa shape index (κ3) is 3.32. The van der Waals surface area contributed by atoms with E-state index in [1.165, 1.54) is 23.1 Å². The summed E-state index contributed by atoms with van der Waals surface area (Å²) >= 11 is 2.78. The molecule has 20 heavy (non-hydrogen) atoms. The molecule has 1 saturated heterocycles. The second kappa shape index (κ2) is 5.61. The Hall–Kier alpha value is -0.670. The number of nitrogens with zero attached hydrogens (tertiary/aromatic N) is 3. The van der Waals surface area contributed by atoms with Gasteiger partial charge in [-0.05, 0) is 19.3 Å². The first kappa shape index (κ1) is 14.3. The maximum atomic E-state index is 12.4. The van der Waals surface area contributed by atoms with Gasteiger partial charge in [-0.3, -0.25) is 4.79 Å². The highest BCUT2D eigenvalue weighted by molar-refractivity contribution is 8.01. The van der Waals surface area contributed by atoms with Crippen LogP contribution in [0.5, 0.6) is 0 Å². The van der Waals surface area contributed by atoms with Crippen LogP contribution in [0.25, 0.3) is 0 Å². The molecule has 0 radical (unpaired) electrons. The quantitative estimate of drug-likeness (QED) is 0.742. The van der Waals surface area contributed by atoms with Gasteiger partial charge >= 0.3 is 0 Å². The molecule has 110 valence electrons. The third-order valence-electron chi connectivity index (χ3n) is 3.49. The summed E-state index contributed by atoms with van der Waals surface area (Å²) in [5.41, 5.74) is 1.63. The fourth-order valence-electron chi connectivity index (χ4n) is 2.48. The summed E-state index contributed by atoms with van der Waals surface area (Å²) < 4.78 is 24.0. The Balaban J connectivity index is 1.63. The molecular weight excluding hydrogens is 318 g/mol. The van der Waals surface area contributed by atoms with Gasteiger partial charge in [0.1, 0.15) is 5.51 Å². The van der Waals surface area contributed by atoms with Crippen molar-refractivity contribution in [1.82, 2.24) is 15.1 Å². The summed E-state index contributed by atoms with van der Waals surface area (Å²) in [6.45, 7) is 0. The van der Waals surface area contributed by atoms with Crippen molar-refractivity contribution in [3.63, 3.8) is 0 Å². The zero-order valence-corrected chi connectivity index (χ0v) is 13.2. The van der Waals surface area contributed by atoms with Crippen LogP contribution in [0.3, 0.4) is 0 Å². The van der Waals surface area contributed by atoms with Gasteiger partial charge in [-0.2, -0.15) is 0 Å². The summed E-state index contributed by atoms with van der Waals surface area (Å²) in [7, 11) is -2.96. The first-order valence-electron chi connectivity index (χ1n) is 6.46. The topological polar surface area (TPSA) is 80.2 Å². The smallest absolute Gasteiger partial charge is 0.233 e. The minimum absolute atomic E-state index is 0.0230. The van der Waals surface area contributed by atoms with Crippen LogP contribution in [-0.4, -0.2) is 58.8 Å². The third-order valence-corrected chi connectivity index (χ3v) is 7.08. The van der Waals surface area contributed by atoms with Gasteiger partial charge < -0.3 is 4.90 Å². The summed E-state index contributed by atoms with van der Waals surface area (Å²) in [5, 5.41) is 7.63. The van der Waals surface area contributed by atoms with Gasteiger partial charge in [0.15, 0.2) is 14.2 Å². The number of rotatable bonds is 5. The van der Waals surface area contributed by atoms with Crippen LogP contribution in [0.2, 0.25) is 0 Å². The molecular formula is C11H15N3O3S3. The predicted octanol–water partition coefficient (Wildman–Crippen LogP) is 0.808. The highest BCUT2D eigenvalue weighted by Gasteiger charge is 2.41. The van der Waals surface area contributed by atoms with Crippen molar-refractivity contribution in [3.8, 4) is 0 Å². The van der Waals surface area contributed by atoms with Gasteiger partial charge in [0.25, 0.3) is 0 Å². The number of amides is 1. The molecule has 0 bridgehead atoms. The molecule has 1 aliphatic carbocycles. The molecule has 0 unspecified atom stereocenters. The molecule has 1 saturated carbocycles. The van der Waals surface area contributed by atoms with Crippen molar-refractivity contribution in [2.24, 2.45) is 0 Å².